The molecule has 2 aromatic carbocycles. The minimum atomic E-state index is -0.639. The first kappa shape index (κ1) is 21.4. The summed E-state index contributed by atoms with van der Waals surface area (Å²) in [6, 6.07) is 13.4. The third-order valence-electron chi connectivity index (χ3n) is 3.86. The first-order valence-electron chi connectivity index (χ1n) is 8.64. The Kier molecular flexibility index (Phi) is 6.76. The maximum absolute atomic E-state index is 12.6. The summed E-state index contributed by atoms with van der Waals surface area (Å²) < 4.78 is 5.16. The van der Waals surface area contributed by atoms with Gasteiger partial charge >= 0.3 is 0 Å². The van der Waals surface area contributed by atoms with Gasteiger partial charge in [0.2, 0.25) is 5.91 Å². The molecule has 1 heterocycles. The Hall–Kier alpha value is -3.30. The van der Waals surface area contributed by atoms with E-state index in [1.54, 1.807) is 36.4 Å². The van der Waals surface area contributed by atoms with Crippen LogP contribution in [0.2, 0.25) is 5.02 Å². The number of nitrogens with one attached hydrogen (secondary N) is 1. The SMILES string of the molecule is NC(=O)COc1ccc(C=C2SC(=O)N(CC(=O)Nc3ccccc3)C2=O)cc1Cl. The van der Waals surface area contributed by atoms with Gasteiger partial charge in [0.1, 0.15) is 12.3 Å². The molecule has 30 heavy (non-hydrogen) atoms. The molecule has 0 unspecified atom stereocenters. The lowest BCUT2D eigenvalue weighted by Gasteiger charge is -2.12. The molecule has 4 amide bonds. The first-order valence-corrected chi connectivity index (χ1v) is 9.84. The second-order valence-corrected chi connectivity index (χ2v) is 7.53. The molecule has 0 aliphatic carbocycles. The molecule has 154 valence electrons. The molecule has 1 aliphatic rings. The lowest BCUT2D eigenvalue weighted by atomic mass is 10.2. The van der Waals surface area contributed by atoms with Crippen molar-refractivity contribution in [2.24, 2.45) is 5.73 Å². The van der Waals surface area contributed by atoms with E-state index in [0.717, 1.165) is 16.7 Å². The van der Waals surface area contributed by atoms with E-state index in [9.17, 15) is 19.2 Å². The molecule has 0 radical (unpaired) electrons. The average Bonchev–Trinajstić information content (AvgIpc) is 2.95. The molecule has 0 saturated carbocycles. The fourth-order valence-electron chi connectivity index (χ4n) is 2.53. The summed E-state index contributed by atoms with van der Waals surface area (Å²) >= 11 is 6.84. The molecule has 2 aromatic rings. The van der Waals surface area contributed by atoms with Gasteiger partial charge in [-0.05, 0) is 47.7 Å². The number of carbonyl (C=O) groups is 4. The van der Waals surface area contributed by atoms with Crippen LogP contribution >= 0.6 is 23.4 Å². The van der Waals surface area contributed by atoms with E-state index in [-0.39, 0.29) is 22.3 Å². The Labute approximate surface area is 181 Å². The summed E-state index contributed by atoms with van der Waals surface area (Å²) in [7, 11) is 0. The van der Waals surface area contributed by atoms with Crippen LogP contribution in [0, 0.1) is 0 Å². The smallest absolute Gasteiger partial charge is 0.294 e. The molecular formula is C20H16ClN3O5S. The Morgan fingerprint density at radius 2 is 1.90 bits per heavy atom. The number of hydrogen-bond donors (Lipinski definition) is 2. The number of benzene rings is 2. The number of hydrogen-bond acceptors (Lipinski definition) is 6. The van der Waals surface area contributed by atoms with E-state index >= 15 is 0 Å². The van der Waals surface area contributed by atoms with Gasteiger partial charge in [0, 0.05) is 5.69 Å². The van der Waals surface area contributed by atoms with E-state index in [2.05, 4.69) is 5.32 Å². The monoisotopic (exact) mass is 445 g/mol. The molecule has 8 nitrogen and oxygen atoms in total. The van der Waals surface area contributed by atoms with Gasteiger partial charge in [0.15, 0.2) is 6.61 Å². The fourth-order valence-corrected chi connectivity index (χ4v) is 3.61. The summed E-state index contributed by atoms with van der Waals surface area (Å²) in [4.78, 5) is 48.8. The topological polar surface area (TPSA) is 119 Å². The van der Waals surface area contributed by atoms with Gasteiger partial charge in [-0.2, -0.15) is 0 Å². The highest BCUT2D eigenvalue weighted by molar-refractivity contribution is 8.18. The lowest BCUT2D eigenvalue weighted by molar-refractivity contribution is -0.127. The summed E-state index contributed by atoms with van der Waals surface area (Å²) in [6.45, 7) is -0.708. The molecular weight excluding hydrogens is 430 g/mol. The third-order valence-corrected chi connectivity index (χ3v) is 5.06. The largest absolute Gasteiger partial charge is 0.482 e. The third kappa shape index (κ3) is 5.40. The minimum absolute atomic E-state index is 0.161. The molecule has 0 spiro atoms. The maximum Gasteiger partial charge on any atom is 0.294 e. The predicted molar refractivity (Wildman–Crippen MR) is 114 cm³/mol. The Balaban J connectivity index is 1.68. The van der Waals surface area contributed by atoms with Crippen LogP contribution < -0.4 is 15.8 Å². The molecule has 3 rings (SSSR count). The summed E-state index contributed by atoms with van der Waals surface area (Å²) in [5.74, 6) is -1.43. The van der Waals surface area contributed by atoms with Gasteiger partial charge in [-0.1, -0.05) is 35.9 Å². The number of halogens is 1. The maximum atomic E-state index is 12.6. The van der Waals surface area contributed by atoms with Crippen LogP contribution in [0.1, 0.15) is 5.56 Å². The van der Waals surface area contributed by atoms with Crippen molar-refractivity contribution < 1.29 is 23.9 Å². The molecule has 0 aromatic heterocycles. The van der Waals surface area contributed by atoms with E-state index in [1.807, 2.05) is 0 Å². The van der Waals surface area contributed by atoms with E-state index in [1.165, 1.54) is 18.2 Å². The van der Waals surface area contributed by atoms with E-state index in [4.69, 9.17) is 22.1 Å². The zero-order chi connectivity index (χ0) is 21.7. The van der Waals surface area contributed by atoms with Crippen molar-refractivity contribution in [3.8, 4) is 5.75 Å². The number of anilines is 1. The molecule has 1 aliphatic heterocycles. The number of carbonyl (C=O) groups excluding carboxylic acids is 4. The van der Waals surface area contributed by atoms with Crippen molar-refractivity contribution >= 4 is 58.1 Å². The van der Waals surface area contributed by atoms with Crippen LogP contribution in [0.15, 0.2) is 53.4 Å². The normalized spacial score (nSPS) is 14.8. The summed E-state index contributed by atoms with van der Waals surface area (Å²) in [5.41, 5.74) is 6.14. The molecule has 0 bridgehead atoms. The second-order valence-electron chi connectivity index (χ2n) is 6.13. The Morgan fingerprint density at radius 3 is 2.57 bits per heavy atom. The number of nitrogens with two attached hydrogens (primary N) is 1. The number of primary amides is 1. The number of amides is 4. The first-order chi connectivity index (χ1) is 14.3. The van der Waals surface area contributed by atoms with Crippen LogP contribution in [0.3, 0.4) is 0 Å². The number of imide groups is 1. The second kappa shape index (κ2) is 9.47. The Bertz CT molecular complexity index is 1040. The van der Waals surface area contributed by atoms with Crippen LogP contribution in [-0.2, 0) is 14.4 Å². The molecule has 1 saturated heterocycles. The van der Waals surface area contributed by atoms with Gasteiger partial charge < -0.3 is 15.8 Å². The predicted octanol–water partition coefficient (Wildman–Crippen LogP) is 2.88. The number of rotatable bonds is 7. The van der Waals surface area contributed by atoms with Crippen LogP contribution in [0.25, 0.3) is 6.08 Å². The van der Waals surface area contributed by atoms with Crippen LogP contribution in [0.4, 0.5) is 10.5 Å². The molecule has 1 fully saturated rings. The van der Waals surface area contributed by atoms with Crippen molar-refractivity contribution in [3.05, 3.63) is 64.0 Å². The summed E-state index contributed by atoms with van der Waals surface area (Å²) in [6.07, 6.45) is 1.49. The number of para-hydroxylation sites is 1. The molecule has 0 atom stereocenters. The zero-order valence-electron chi connectivity index (χ0n) is 15.5. The minimum Gasteiger partial charge on any atom is -0.482 e. The van der Waals surface area contributed by atoms with Gasteiger partial charge in [-0.15, -0.1) is 0 Å². The summed E-state index contributed by atoms with van der Waals surface area (Å²) in [5, 5.41) is 2.30. The van der Waals surface area contributed by atoms with Gasteiger partial charge in [0.05, 0.1) is 9.93 Å². The zero-order valence-corrected chi connectivity index (χ0v) is 17.0. The quantitative estimate of drug-likeness (QED) is 0.632. The standard InChI is InChI=1S/C20H16ClN3O5S/c21-14-8-12(6-7-15(14)29-11-17(22)25)9-16-19(27)24(20(28)30-16)10-18(26)23-13-4-2-1-3-5-13/h1-9H,10-11H2,(H2,22,25)(H,23,26). The average molecular weight is 446 g/mol. The fraction of sp³-hybridized carbons (Fsp3) is 0.100. The highest BCUT2D eigenvalue weighted by Crippen LogP contribution is 2.33. The number of nitrogens with zero attached hydrogens (tertiary/aromatic N) is 1. The van der Waals surface area contributed by atoms with E-state index < -0.39 is 29.5 Å². The van der Waals surface area contributed by atoms with Gasteiger partial charge in [-0.25, -0.2) is 0 Å². The van der Waals surface area contributed by atoms with Crippen molar-refractivity contribution in [3.63, 3.8) is 0 Å². The molecule has 3 N–H and O–H groups in total. The van der Waals surface area contributed by atoms with Crippen molar-refractivity contribution in [1.29, 1.82) is 0 Å². The van der Waals surface area contributed by atoms with Crippen LogP contribution in [-0.4, -0.2) is 41.0 Å². The highest BCUT2D eigenvalue weighted by Gasteiger charge is 2.36. The van der Waals surface area contributed by atoms with Crippen molar-refractivity contribution in [2.75, 3.05) is 18.5 Å². The number of thioether (sulfide) groups is 1. The molecule has 10 heteroatoms. The highest BCUT2D eigenvalue weighted by atomic mass is 35.5. The lowest BCUT2D eigenvalue weighted by Crippen LogP contribution is -2.36. The van der Waals surface area contributed by atoms with Crippen molar-refractivity contribution in [1.82, 2.24) is 4.90 Å². The van der Waals surface area contributed by atoms with E-state index in [0.29, 0.717) is 11.3 Å². The van der Waals surface area contributed by atoms with Gasteiger partial charge in [-0.3, -0.25) is 24.1 Å². The van der Waals surface area contributed by atoms with Crippen molar-refractivity contribution in [2.45, 2.75) is 0 Å². The van der Waals surface area contributed by atoms with Crippen LogP contribution in [0.5, 0.6) is 5.75 Å². The number of ether oxygens (including phenoxy) is 1. The Morgan fingerprint density at radius 1 is 1.17 bits per heavy atom. The van der Waals surface area contributed by atoms with Gasteiger partial charge in [0.25, 0.3) is 17.1 Å².